The Balaban J connectivity index is 2.97. The molecule has 0 amide bonds. The van der Waals surface area contributed by atoms with Crippen molar-refractivity contribution < 1.29 is 15.0 Å². The Labute approximate surface area is 102 Å². The van der Waals surface area contributed by atoms with Crippen molar-refractivity contribution in [2.45, 2.75) is 39.2 Å². The van der Waals surface area contributed by atoms with E-state index in [2.05, 4.69) is 13.8 Å². The quantitative estimate of drug-likeness (QED) is 0.826. The van der Waals surface area contributed by atoms with Crippen molar-refractivity contribution in [1.29, 1.82) is 0 Å². The number of rotatable bonds is 5. The minimum absolute atomic E-state index is 0.159. The lowest BCUT2D eigenvalue weighted by Gasteiger charge is -2.22. The van der Waals surface area contributed by atoms with Crippen molar-refractivity contribution in [3.63, 3.8) is 0 Å². The molecule has 0 bridgehead atoms. The standard InChI is InChI=1S/C14H20O3/c1-4-14(17,13(15)16)12-7-5-11(6-8-12)9-10(2)3/h5-8,10,17H,4,9H2,1-3H3,(H,15,16)/t14-/m0/s1. The molecule has 1 aromatic carbocycles. The average Bonchev–Trinajstić information content (AvgIpc) is 2.28. The topological polar surface area (TPSA) is 57.5 Å². The number of benzene rings is 1. The van der Waals surface area contributed by atoms with Gasteiger partial charge in [0.05, 0.1) is 0 Å². The predicted molar refractivity (Wildman–Crippen MR) is 66.8 cm³/mol. The zero-order chi connectivity index (χ0) is 13.1. The van der Waals surface area contributed by atoms with E-state index in [0.717, 1.165) is 12.0 Å². The first-order valence-electron chi connectivity index (χ1n) is 5.95. The summed E-state index contributed by atoms with van der Waals surface area (Å²) in [5.41, 5.74) is -0.163. The van der Waals surface area contributed by atoms with Gasteiger partial charge in [-0.05, 0) is 29.9 Å². The van der Waals surface area contributed by atoms with Crippen molar-refractivity contribution in [3.8, 4) is 0 Å². The molecular weight excluding hydrogens is 216 g/mol. The molecule has 1 atom stereocenters. The monoisotopic (exact) mass is 236 g/mol. The molecule has 0 unspecified atom stereocenters. The lowest BCUT2D eigenvalue weighted by atomic mass is 9.90. The van der Waals surface area contributed by atoms with Gasteiger partial charge in [-0.1, -0.05) is 45.0 Å². The SMILES string of the molecule is CC[C@@](O)(C(=O)O)c1ccc(CC(C)C)cc1. The summed E-state index contributed by atoms with van der Waals surface area (Å²) < 4.78 is 0. The van der Waals surface area contributed by atoms with Gasteiger partial charge in [-0.2, -0.15) is 0 Å². The molecule has 0 saturated heterocycles. The van der Waals surface area contributed by atoms with E-state index in [1.54, 1.807) is 19.1 Å². The van der Waals surface area contributed by atoms with Crippen molar-refractivity contribution in [2.75, 3.05) is 0 Å². The fourth-order valence-corrected chi connectivity index (χ4v) is 1.87. The summed E-state index contributed by atoms with van der Waals surface area (Å²) in [5, 5.41) is 19.1. The third-order valence-electron chi connectivity index (χ3n) is 2.94. The Bertz CT molecular complexity index is 381. The van der Waals surface area contributed by atoms with Gasteiger partial charge in [0.15, 0.2) is 5.60 Å². The molecule has 0 aromatic heterocycles. The molecule has 0 saturated carbocycles. The van der Waals surface area contributed by atoms with Crippen LogP contribution in [0.5, 0.6) is 0 Å². The van der Waals surface area contributed by atoms with Crippen LogP contribution in [0.2, 0.25) is 0 Å². The number of hydrogen-bond acceptors (Lipinski definition) is 2. The number of carboxylic acids is 1. The number of carbonyl (C=O) groups is 1. The molecule has 0 aliphatic heterocycles. The fourth-order valence-electron chi connectivity index (χ4n) is 1.87. The summed E-state index contributed by atoms with van der Waals surface area (Å²) in [6.07, 6.45) is 1.11. The fraction of sp³-hybridized carbons (Fsp3) is 0.500. The third kappa shape index (κ3) is 3.07. The van der Waals surface area contributed by atoms with E-state index in [1.165, 1.54) is 0 Å². The van der Waals surface area contributed by atoms with Crippen LogP contribution in [0.25, 0.3) is 0 Å². The van der Waals surface area contributed by atoms with Gasteiger partial charge in [-0.3, -0.25) is 0 Å². The molecule has 0 radical (unpaired) electrons. The van der Waals surface area contributed by atoms with E-state index in [0.29, 0.717) is 11.5 Å². The second-order valence-electron chi connectivity index (χ2n) is 4.81. The zero-order valence-electron chi connectivity index (χ0n) is 10.6. The first-order chi connectivity index (χ1) is 7.90. The minimum Gasteiger partial charge on any atom is -0.479 e. The molecule has 0 aliphatic carbocycles. The molecule has 2 N–H and O–H groups in total. The maximum absolute atomic E-state index is 11.1. The molecule has 1 aromatic rings. The van der Waals surface area contributed by atoms with E-state index in [1.807, 2.05) is 12.1 Å². The lowest BCUT2D eigenvalue weighted by Crippen LogP contribution is -2.34. The summed E-state index contributed by atoms with van der Waals surface area (Å²) in [6, 6.07) is 7.18. The van der Waals surface area contributed by atoms with Crippen LogP contribution in [-0.2, 0) is 16.8 Å². The van der Waals surface area contributed by atoms with Crippen molar-refractivity contribution >= 4 is 5.97 Å². The Morgan fingerprint density at radius 3 is 2.18 bits per heavy atom. The van der Waals surface area contributed by atoms with E-state index in [-0.39, 0.29) is 6.42 Å². The molecule has 0 heterocycles. The summed E-state index contributed by atoms with van der Waals surface area (Å²) in [5.74, 6) is -0.637. The van der Waals surface area contributed by atoms with Crippen LogP contribution < -0.4 is 0 Å². The second-order valence-corrected chi connectivity index (χ2v) is 4.81. The first kappa shape index (κ1) is 13.7. The predicted octanol–water partition coefficient (Wildman–Crippen LogP) is 2.57. The van der Waals surface area contributed by atoms with Gasteiger partial charge >= 0.3 is 5.97 Å². The molecule has 0 spiro atoms. The first-order valence-corrected chi connectivity index (χ1v) is 5.95. The normalized spacial score (nSPS) is 14.6. The van der Waals surface area contributed by atoms with Crippen LogP contribution in [0.4, 0.5) is 0 Å². The van der Waals surface area contributed by atoms with Crippen molar-refractivity contribution in [2.24, 2.45) is 5.92 Å². The Hall–Kier alpha value is -1.35. The highest BCUT2D eigenvalue weighted by Crippen LogP contribution is 2.25. The van der Waals surface area contributed by atoms with Gasteiger partial charge in [0, 0.05) is 0 Å². The van der Waals surface area contributed by atoms with E-state index < -0.39 is 11.6 Å². The molecule has 94 valence electrons. The summed E-state index contributed by atoms with van der Waals surface area (Å²) in [6.45, 7) is 5.93. The maximum atomic E-state index is 11.1. The van der Waals surface area contributed by atoms with Gasteiger partial charge in [0.1, 0.15) is 0 Å². The number of hydrogen-bond donors (Lipinski definition) is 2. The smallest absolute Gasteiger partial charge is 0.340 e. The molecule has 3 nitrogen and oxygen atoms in total. The maximum Gasteiger partial charge on any atom is 0.340 e. The second kappa shape index (κ2) is 5.32. The highest BCUT2D eigenvalue weighted by atomic mass is 16.4. The lowest BCUT2D eigenvalue weighted by molar-refractivity contribution is -0.160. The summed E-state index contributed by atoms with van der Waals surface area (Å²) in [7, 11) is 0. The van der Waals surface area contributed by atoms with Gasteiger partial charge in [0.25, 0.3) is 0 Å². The van der Waals surface area contributed by atoms with Crippen LogP contribution in [0.1, 0.15) is 38.3 Å². The van der Waals surface area contributed by atoms with E-state index >= 15 is 0 Å². The molecule has 0 aliphatic rings. The zero-order valence-corrected chi connectivity index (χ0v) is 10.6. The van der Waals surface area contributed by atoms with Gasteiger partial charge in [-0.25, -0.2) is 4.79 Å². The van der Waals surface area contributed by atoms with E-state index in [9.17, 15) is 9.90 Å². The minimum atomic E-state index is -1.77. The van der Waals surface area contributed by atoms with Crippen LogP contribution >= 0.6 is 0 Å². The van der Waals surface area contributed by atoms with Gasteiger partial charge in [0.2, 0.25) is 0 Å². The Morgan fingerprint density at radius 2 is 1.82 bits per heavy atom. The molecule has 0 fully saturated rings. The van der Waals surface area contributed by atoms with Crippen LogP contribution in [0.15, 0.2) is 24.3 Å². The summed E-state index contributed by atoms with van der Waals surface area (Å²) in [4.78, 5) is 11.1. The highest BCUT2D eigenvalue weighted by molar-refractivity contribution is 5.79. The average molecular weight is 236 g/mol. The summed E-state index contributed by atoms with van der Waals surface area (Å²) >= 11 is 0. The Kier molecular flexibility index (Phi) is 4.29. The number of aliphatic hydroxyl groups is 1. The number of carboxylic acid groups (broad SMARTS) is 1. The molecule has 3 heteroatoms. The van der Waals surface area contributed by atoms with E-state index in [4.69, 9.17) is 5.11 Å². The van der Waals surface area contributed by atoms with Crippen LogP contribution in [0.3, 0.4) is 0 Å². The Morgan fingerprint density at radius 1 is 1.29 bits per heavy atom. The largest absolute Gasteiger partial charge is 0.479 e. The van der Waals surface area contributed by atoms with Crippen LogP contribution in [-0.4, -0.2) is 16.2 Å². The number of aliphatic carboxylic acids is 1. The molecular formula is C14H20O3. The van der Waals surface area contributed by atoms with Crippen molar-refractivity contribution in [1.82, 2.24) is 0 Å². The third-order valence-corrected chi connectivity index (χ3v) is 2.94. The van der Waals surface area contributed by atoms with Crippen LogP contribution in [0, 0.1) is 5.92 Å². The molecule has 17 heavy (non-hydrogen) atoms. The van der Waals surface area contributed by atoms with Gasteiger partial charge in [-0.15, -0.1) is 0 Å². The van der Waals surface area contributed by atoms with Gasteiger partial charge < -0.3 is 10.2 Å². The molecule has 1 rings (SSSR count). The van der Waals surface area contributed by atoms with Crippen molar-refractivity contribution in [3.05, 3.63) is 35.4 Å². The highest BCUT2D eigenvalue weighted by Gasteiger charge is 2.35.